The topological polar surface area (TPSA) is 49.4 Å². The number of nitrogens with zero attached hydrogens (tertiary/aromatic N) is 1. The van der Waals surface area contributed by atoms with Crippen LogP contribution in [-0.2, 0) is 9.59 Å². The van der Waals surface area contributed by atoms with Crippen molar-refractivity contribution in [3.63, 3.8) is 0 Å². The van der Waals surface area contributed by atoms with Gasteiger partial charge in [0.1, 0.15) is 6.54 Å². The van der Waals surface area contributed by atoms with Crippen molar-refractivity contribution < 1.29 is 22.8 Å². The number of anilines is 1. The maximum atomic E-state index is 12.3. The Morgan fingerprint density at radius 1 is 1.43 bits per heavy atom. The van der Waals surface area contributed by atoms with E-state index in [1.807, 2.05) is 0 Å². The van der Waals surface area contributed by atoms with Crippen molar-refractivity contribution in [2.45, 2.75) is 12.6 Å². The Labute approximate surface area is 123 Å². The lowest BCUT2D eigenvalue weighted by Crippen LogP contribution is -2.36. The number of amides is 2. The fourth-order valence-corrected chi connectivity index (χ4v) is 2.32. The van der Waals surface area contributed by atoms with Gasteiger partial charge >= 0.3 is 6.18 Å². The number of benzene rings is 1. The fraction of sp³-hybridized carbons (Fsp3) is 0.385. The van der Waals surface area contributed by atoms with Gasteiger partial charge in [-0.15, -0.1) is 0 Å². The number of halogens is 4. The molecule has 2 amide bonds. The normalized spacial score (nSPS) is 19.0. The second-order valence-corrected chi connectivity index (χ2v) is 5.23. The van der Waals surface area contributed by atoms with Gasteiger partial charge in [0.05, 0.1) is 5.92 Å². The molecule has 1 N–H and O–H groups in total. The summed E-state index contributed by atoms with van der Waals surface area (Å²) in [5.41, 5.74) is 0.439. The van der Waals surface area contributed by atoms with Gasteiger partial charge in [0.25, 0.3) is 0 Å². The van der Waals surface area contributed by atoms with Gasteiger partial charge in [-0.3, -0.25) is 9.59 Å². The Morgan fingerprint density at radius 3 is 2.76 bits per heavy atom. The number of carbonyl (C=O) groups is 2. The molecule has 1 aromatic rings. The Morgan fingerprint density at radius 2 is 2.14 bits per heavy atom. The van der Waals surface area contributed by atoms with Crippen LogP contribution in [0.2, 0.25) is 5.02 Å². The van der Waals surface area contributed by atoms with E-state index in [1.54, 1.807) is 18.2 Å². The van der Waals surface area contributed by atoms with Crippen LogP contribution in [-0.4, -0.2) is 36.0 Å². The molecule has 1 atom stereocenters. The summed E-state index contributed by atoms with van der Waals surface area (Å²) in [6.07, 6.45) is -4.68. The predicted molar refractivity (Wildman–Crippen MR) is 70.8 cm³/mol. The predicted octanol–water partition coefficient (Wildman–Crippen LogP) is 2.69. The van der Waals surface area contributed by atoms with Crippen molar-refractivity contribution >= 4 is 29.1 Å². The number of hydrogen-bond acceptors (Lipinski definition) is 2. The minimum atomic E-state index is -4.46. The highest BCUT2D eigenvalue weighted by Gasteiger charge is 2.40. The molecular formula is C13H12ClF3N2O2. The zero-order valence-electron chi connectivity index (χ0n) is 10.8. The van der Waals surface area contributed by atoms with Gasteiger partial charge in [0.15, 0.2) is 0 Å². The van der Waals surface area contributed by atoms with E-state index in [0.717, 1.165) is 0 Å². The van der Waals surface area contributed by atoms with Gasteiger partial charge in [0.2, 0.25) is 11.8 Å². The molecule has 1 aliphatic heterocycles. The molecule has 1 aliphatic rings. The molecule has 8 heteroatoms. The first-order valence-corrected chi connectivity index (χ1v) is 6.53. The summed E-state index contributed by atoms with van der Waals surface area (Å²) in [6.45, 7) is -1.56. The van der Waals surface area contributed by atoms with Crippen molar-refractivity contribution in [1.29, 1.82) is 0 Å². The first-order chi connectivity index (χ1) is 9.74. The van der Waals surface area contributed by atoms with Gasteiger partial charge in [-0.25, -0.2) is 0 Å². The summed E-state index contributed by atoms with van der Waals surface area (Å²) in [7, 11) is 0. The molecule has 1 aromatic carbocycles. The molecule has 0 aliphatic carbocycles. The molecule has 1 fully saturated rings. The molecule has 0 bridgehead atoms. The first-order valence-electron chi connectivity index (χ1n) is 6.15. The SMILES string of the molecule is O=C(Nc1cccc(Cl)c1)[C@@H]1CC(=O)N(CC(F)(F)F)C1. The maximum absolute atomic E-state index is 12.3. The fourth-order valence-electron chi connectivity index (χ4n) is 2.13. The van der Waals surface area contributed by atoms with Crippen LogP contribution in [0.4, 0.5) is 18.9 Å². The van der Waals surface area contributed by atoms with Gasteiger partial charge in [-0.05, 0) is 18.2 Å². The summed E-state index contributed by atoms with van der Waals surface area (Å²) in [5.74, 6) is -1.95. The zero-order chi connectivity index (χ0) is 15.6. The Bertz CT molecular complexity index is 563. The third kappa shape index (κ3) is 4.35. The van der Waals surface area contributed by atoms with Crippen molar-refractivity contribution in [1.82, 2.24) is 4.90 Å². The van der Waals surface area contributed by atoms with Crippen LogP contribution in [0.1, 0.15) is 6.42 Å². The number of hydrogen-bond donors (Lipinski definition) is 1. The lowest BCUT2D eigenvalue weighted by molar-refractivity contribution is -0.157. The van der Waals surface area contributed by atoms with Crippen molar-refractivity contribution in [3.8, 4) is 0 Å². The minimum Gasteiger partial charge on any atom is -0.333 e. The van der Waals surface area contributed by atoms with Crippen LogP contribution in [0.25, 0.3) is 0 Å². The molecular weight excluding hydrogens is 309 g/mol. The molecule has 0 saturated carbocycles. The summed E-state index contributed by atoms with van der Waals surface area (Å²) in [6, 6.07) is 6.38. The average Bonchev–Trinajstić information content (AvgIpc) is 2.69. The van der Waals surface area contributed by atoms with Crippen LogP contribution in [0, 0.1) is 5.92 Å². The van der Waals surface area contributed by atoms with Gasteiger partial charge in [0, 0.05) is 23.7 Å². The zero-order valence-corrected chi connectivity index (χ0v) is 11.5. The van der Waals surface area contributed by atoms with Gasteiger partial charge in [-0.2, -0.15) is 13.2 Å². The Kier molecular flexibility index (Phi) is 4.41. The van der Waals surface area contributed by atoms with E-state index >= 15 is 0 Å². The molecule has 21 heavy (non-hydrogen) atoms. The summed E-state index contributed by atoms with van der Waals surface area (Å²) < 4.78 is 36.9. The van der Waals surface area contributed by atoms with Gasteiger partial charge < -0.3 is 10.2 Å². The highest BCUT2D eigenvalue weighted by atomic mass is 35.5. The first kappa shape index (κ1) is 15.6. The molecule has 1 saturated heterocycles. The standard InChI is InChI=1S/C13H12ClF3N2O2/c14-9-2-1-3-10(5-9)18-12(21)8-4-11(20)19(6-8)7-13(15,16)17/h1-3,5,8H,4,6-7H2,(H,18,21)/t8-/m1/s1. The average molecular weight is 321 g/mol. The number of alkyl halides is 3. The van der Waals surface area contributed by atoms with Crippen LogP contribution >= 0.6 is 11.6 Å². The highest BCUT2D eigenvalue weighted by molar-refractivity contribution is 6.30. The largest absolute Gasteiger partial charge is 0.406 e. The number of carbonyl (C=O) groups excluding carboxylic acids is 2. The van der Waals surface area contributed by atoms with E-state index in [9.17, 15) is 22.8 Å². The van der Waals surface area contributed by atoms with Crippen LogP contribution in [0.5, 0.6) is 0 Å². The third-order valence-electron chi connectivity index (χ3n) is 3.05. The third-order valence-corrected chi connectivity index (χ3v) is 3.28. The number of nitrogens with one attached hydrogen (secondary N) is 1. The summed E-state index contributed by atoms with van der Waals surface area (Å²) in [5, 5.41) is 2.97. The van der Waals surface area contributed by atoms with Crippen molar-refractivity contribution in [3.05, 3.63) is 29.3 Å². The monoisotopic (exact) mass is 320 g/mol. The lowest BCUT2D eigenvalue weighted by Gasteiger charge is -2.18. The molecule has 2 rings (SSSR count). The molecule has 0 spiro atoms. The lowest BCUT2D eigenvalue weighted by atomic mass is 10.1. The van der Waals surface area contributed by atoms with E-state index in [0.29, 0.717) is 15.6 Å². The van der Waals surface area contributed by atoms with Crippen LogP contribution in [0.3, 0.4) is 0 Å². The second-order valence-electron chi connectivity index (χ2n) is 4.79. The Hall–Kier alpha value is -1.76. The quantitative estimate of drug-likeness (QED) is 0.931. The second kappa shape index (κ2) is 5.93. The molecule has 0 unspecified atom stereocenters. The summed E-state index contributed by atoms with van der Waals surface area (Å²) in [4.78, 5) is 24.1. The van der Waals surface area contributed by atoms with Gasteiger partial charge in [-0.1, -0.05) is 17.7 Å². The molecule has 4 nitrogen and oxygen atoms in total. The van der Waals surface area contributed by atoms with Crippen molar-refractivity contribution in [2.75, 3.05) is 18.4 Å². The van der Waals surface area contributed by atoms with Crippen LogP contribution in [0.15, 0.2) is 24.3 Å². The van der Waals surface area contributed by atoms with Crippen LogP contribution < -0.4 is 5.32 Å². The van der Waals surface area contributed by atoms with E-state index < -0.39 is 30.5 Å². The summed E-state index contributed by atoms with van der Waals surface area (Å²) >= 11 is 5.77. The van der Waals surface area contributed by atoms with E-state index in [4.69, 9.17) is 11.6 Å². The Balaban J connectivity index is 1.97. The molecule has 1 heterocycles. The number of likely N-dealkylation sites (tertiary alicyclic amines) is 1. The van der Waals surface area contributed by atoms with Crippen molar-refractivity contribution in [2.24, 2.45) is 5.92 Å². The smallest absolute Gasteiger partial charge is 0.333 e. The minimum absolute atomic E-state index is 0.220. The maximum Gasteiger partial charge on any atom is 0.406 e. The van der Waals surface area contributed by atoms with E-state index in [-0.39, 0.29) is 13.0 Å². The molecule has 114 valence electrons. The molecule has 0 radical (unpaired) electrons. The van der Waals surface area contributed by atoms with E-state index in [2.05, 4.69) is 5.32 Å². The number of rotatable bonds is 3. The molecule has 0 aromatic heterocycles. The highest BCUT2D eigenvalue weighted by Crippen LogP contribution is 2.25. The van der Waals surface area contributed by atoms with E-state index in [1.165, 1.54) is 6.07 Å².